The average Bonchev–Trinajstić information content (AvgIpc) is 2.84. The molecule has 0 aliphatic carbocycles. The van der Waals surface area contributed by atoms with E-state index in [0.717, 1.165) is 0 Å². The van der Waals surface area contributed by atoms with E-state index in [1.54, 1.807) is 0 Å². The van der Waals surface area contributed by atoms with Gasteiger partial charge in [-0.25, -0.2) is 10.4 Å². The summed E-state index contributed by atoms with van der Waals surface area (Å²) in [5.41, 5.74) is 2.99. The summed E-state index contributed by atoms with van der Waals surface area (Å²) in [7, 11) is 0. The highest BCUT2D eigenvalue weighted by molar-refractivity contribution is 6.43. The van der Waals surface area contributed by atoms with Crippen molar-refractivity contribution in [3.63, 3.8) is 0 Å². The summed E-state index contributed by atoms with van der Waals surface area (Å²) in [6.45, 7) is 0.253. The van der Waals surface area contributed by atoms with Crippen LogP contribution in [-0.4, -0.2) is 22.5 Å². The van der Waals surface area contributed by atoms with Gasteiger partial charge in [0, 0.05) is 0 Å². The highest BCUT2D eigenvalue weighted by Gasteiger charge is 2.20. The number of rotatable bonds is 3. The molecule has 0 radical (unpaired) electrons. The number of oxazole rings is 1. The van der Waals surface area contributed by atoms with Crippen molar-refractivity contribution in [3.8, 4) is 0 Å². The molecule has 1 aliphatic rings. The van der Waals surface area contributed by atoms with E-state index < -0.39 is 0 Å². The van der Waals surface area contributed by atoms with E-state index in [2.05, 4.69) is 20.8 Å². The molecule has 15 heavy (non-hydrogen) atoms. The predicted octanol–water partition coefficient (Wildman–Crippen LogP) is -0.833. The zero-order valence-electron chi connectivity index (χ0n) is 7.69. The van der Waals surface area contributed by atoms with Gasteiger partial charge in [0.1, 0.15) is 12.0 Å². The van der Waals surface area contributed by atoms with Gasteiger partial charge in [0.2, 0.25) is 5.91 Å². The third kappa shape index (κ3) is 2.19. The summed E-state index contributed by atoms with van der Waals surface area (Å²) in [6, 6.07) is 0. The van der Waals surface area contributed by atoms with Gasteiger partial charge in [-0.15, -0.1) is 0 Å². The zero-order chi connectivity index (χ0) is 10.7. The largest absolute Gasteiger partial charge is 0.451 e. The average molecular weight is 208 g/mol. The summed E-state index contributed by atoms with van der Waals surface area (Å²) in [5, 5.41) is 6.14. The second kappa shape index (κ2) is 3.91. The number of hydrogen-bond donors (Lipinski definition) is 2. The van der Waals surface area contributed by atoms with Crippen molar-refractivity contribution in [1.82, 2.24) is 15.7 Å². The fraction of sp³-hybridized carbons (Fsp3) is 0.250. The van der Waals surface area contributed by atoms with E-state index in [0.29, 0.717) is 5.69 Å². The van der Waals surface area contributed by atoms with Crippen LogP contribution in [0.15, 0.2) is 22.2 Å². The van der Waals surface area contributed by atoms with Gasteiger partial charge in [-0.3, -0.25) is 9.59 Å². The molecule has 0 unspecified atom stereocenters. The van der Waals surface area contributed by atoms with Crippen LogP contribution >= 0.6 is 0 Å². The molecule has 1 aromatic rings. The number of nitrogens with one attached hydrogen (secondary N) is 2. The number of hydrazone groups is 1. The van der Waals surface area contributed by atoms with Crippen molar-refractivity contribution in [2.75, 3.05) is 0 Å². The lowest BCUT2D eigenvalue weighted by atomic mass is 10.2. The Bertz CT molecular complexity index is 410. The summed E-state index contributed by atoms with van der Waals surface area (Å²) < 4.78 is 4.73. The normalized spacial score (nSPS) is 14.7. The van der Waals surface area contributed by atoms with Gasteiger partial charge >= 0.3 is 0 Å². The maximum absolute atomic E-state index is 11.4. The smallest absolute Gasteiger partial charge is 0.268 e. The first-order chi connectivity index (χ1) is 7.25. The van der Waals surface area contributed by atoms with Gasteiger partial charge in [0.05, 0.1) is 18.7 Å². The highest BCUT2D eigenvalue weighted by atomic mass is 16.3. The van der Waals surface area contributed by atoms with Crippen LogP contribution in [0.1, 0.15) is 12.1 Å². The SMILES string of the molecule is O=C1CC(C(=O)NCc2cocn2)=NN1. The molecule has 2 rings (SSSR count). The molecule has 78 valence electrons. The van der Waals surface area contributed by atoms with Crippen LogP contribution in [-0.2, 0) is 16.1 Å². The van der Waals surface area contributed by atoms with Gasteiger partial charge in [-0.2, -0.15) is 5.10 Å². The lowest BCUT2D eigenvalue weighted by Gasteiger charge is -1.99. The Kier molecular flexibility index (Phi) is 2.44. The van der Waals surface area contributed by atoms with Crippen LogP contribution < -0.4 is 10.7 Å². The van der Waals surface area contributed by atoms with Gasteiger partial charge < -0.3 is 9.73 Å². The van der Waals surface area contributed by atoms with Crippen LogP contribution in [0.2, 0.25) is 0 Å². The van der Waals surface area contributed by atoms with Gasteiger partial charge in [-0.1, -0.05) is 0 Å². The molecular formula is C8H8N4O3. The monoisotopic (exact) mass is 208 g/mol. The minimum Gasteiger partial charge on any atom is -0.451 e. The number of carbonyl (C=O) groups is 2. The summed E-state index contributed by atoms with van der Waals surface area (Å²) in [6.07, 6.45) is 2.73. The van der Waals surface area contributed by atoms with Crippen molar-refractivity contribution >= 4 is 17.5 Å². The van der Waals surface area contributed by atoms with Crippen LogP contribution in [0.3, 0.4) is 0 Å². The third-order valence-corrected chi connectivity index (χ3v) is 1.82. The summed E-state index contributed by atoms with van der Waals surface area (Å²) in [4.78, 5) is 26.0. The van der Waals surface area contributed by atoms with Crippen molar-refractivity contribution < 1.29 is 14.0 Å². The summed E-state index contributed by atoms with van der Waals surface area (Å²) in [5.74, 6) is -0.655. The molecular weight excluding hydrogens is 200 g/mol. The van der Waals surface area contributed by atoms with Crippen LogP contribution in [0.25, 0.3) is 0 Å². The number of nitrogens with zero attached hydrogens (tertiary/aromatic N) is 2. The van der Waals surface area contributed by atoms with E-state index in [-0.39, 0.29) is 30.5 Å². The second-order valence-corrected chi connectivity index (χ2v) is 2.93. The molecule has 2 heterocycles. The van der Waals surface area contributed by atoms with Crippen LogP contribution in [0.4, 0.5) is 0 Å². The molecule has 7 nitrogen and oxygen atoms in total. The number of hydrogen-bond acceptors (Lipinski definition) is 5. The Labute approximate surface area is 84.6 Å². The number of aromatic nitrogens is 1. The molecule has 1 aromatic heterocycles. The first kappa shape index (κ1) is 9.38. The predicted molar refractivity (Wildman–Crippen MR) is 48.5 cm³/mol. The quantitative estimate of drug-likeness (QED) is 0.677. The van der Waals surface area contributed by atoms with Crippen molar-refractivity contribution in [3.05, 3.63) is 18.4 Å². The Morgan fingerprint density at radius 2 is 2.53 bits per heavy atom. The van der Waals surface area contributed by atoms with Gasteiger partial charge in [0.25, 0.3) is 5.91 Å². The fourth-order valence-electron chi connectivity index (χ4n) is 1.09. The first-order valence-electron chi connectivity index (χ1n) is 4.26. The second-order valence-electron chi connectivity index (χ2n) is 2.93. The Morgan fingerprint density at radius 1 is 1.67 bits per heavy atom. The zero-order valence-corrected chi connectivity index (χ0v) is 7.69. The standard InChI is InChI=1S/C8H8N4O3/c13-7-1-6(11-12-7)8(14)9-2-5-3-15-4-10-5/h3-4H,1-2H2,(H,9,14)(H,12,13). The highest BCUT2D eigenvalue weighted by Crippen LogP contribution is 1.97. The first-order valence-corrected chi connectivity index (χ1v) is 4.26. The molecule has 0 aromatic carbocycles. The molecule has 2 amide bonds. The molecule has 0 saturated carbocycles. The van der Waals surface area contributed by atoms with E-state index in [4.69, 9.17) is 4.42 Å². The van der Waals surface area contributed by atoms with Gasteiger partial charge in [-0.05, 0) is 0 Å². The third-order valence-electron chi connectivity index (χ3n) is 1.82. The molecule has 0 saturated heterocycles. The molecule has 0 atom stereocenters. The molecule has 1 aliphatic heterocycles. The molecule has 0 spiro atoms. The van der Waals surface area contributed by atoms with E-state index in [1.807, 2.05) is 0 Å². The molecule has 7 heteroatoms. The van der Waals surface area contributed by atoms with E-state index >= 15 is 0 Å². The molecule has 2 N–H and O–H groups in total. The summed E-state index contributed by atoms with van der Waals surface area (Å²) >= 11 is 0. The Balaban J connectivity index is 1.85. The van der Waals surface area contributed by atoms with E-state index in [9.17, 15) is 9.59 Å². The lowest BCUT2D eigenvalue weighted by molar-refractivity contribution is -0.120. The molecule has 0 bridgehead atoms. The Morgan fingerprint density at radius 3 is 3.13 bits per heavy atom. The van der Waals surface area contributed by atoms with Crippen LogP contribution in [0.5, 0.6) is 0 Å². The molecule has 0 fully saturated rings. The van der Waals surface area contributed by atoms with E-state index in [1.165, 1.54) is 12.7 Å². The lowest BCUT2D eigenvalue weighted by Crippen LogP contribution is -2.30. The fourth-order valence-corrected chi connectivity index (χ4v) is 1.09. The van der Waals surface area contributed by atoms with Crippen LogP contribution in [0, 0.1) is 0 Å². The minimum absolute atomic E-state index is 0.0185. The van der Waals surface area contributed by atoms with Crippen molar-refractivity contribution in [2.24, 2.45) is 5.10 Å². The Hall–Kier alpha value is -2.18. The maximum atomic E-state index is 11.4. The van der Waals surface area contributed by atoms with Crippen molar-refractivity contribution in [2.45, 2.75) is 13.0 Å². The topological polar surface area (TPSA) is 96.6 Å². The van der Waals surface area contributed by atoms with Gasteiger partial charge in [0.15, 0.2) is 6.39 Å². The minimum atomic E-state index is -0.378. The maximum Gasteiger partial charge on any atom is 0.268 e. The number of amides is 2. The number of carbonyl (C=O) groups excluding carboxylic acids is 2. The van der Waals surface area contributed by atoms with Crippen molar-refractivity contribution in [1.29, 1.82) is 0 Å².